The summed E-state index contributed by atoms with van der Waals surface area (Å²) in [5.74, 6) is 1.31. The third-order valence-corrected chi connectivity index (χ3v) is 4.26. The number of aromatic hydroxyl groups is 1. The van der Waals surface area contributed by atoms with Crippen LogP contribution in [-0.4, -0.2) is 49.5 Å². The van der Waals surface area contributed by atoms with Crippen molar-refractivity contribution in [2.24, 2.45) is 4.99 Å². The number of phenols is 1. The Morgan fingerprint density at radius 1 is 1.15 bits per heavy atom. The fraction of sp³-hybridized carbons (Fsp3) is 0.381. The van der Waals surface area contributed by atoms with Gasteiger partial charge in [-0.3, -0.25) is 4.99 Å². The largest absolute Gasteiger partial charge is 0.504 e. The van der Waals surface area contributed by atoms with Crippen LogP contribution in [0.25, 0.3) is 0 Å². The number of phenolic OH excluding ortho intramolecular Hbond substituents is 1. The molecule has 2 aromatic carbocycles. The van der Waals surface area contributed by atoms with E-state index >= 15 is 0 Å². The first-order chi connectivity index (χ1) is 13.2. The lowest BCUT2D eigenvalue weighted by molar-refractivity contribution is 0.268. The van der Waals surface area contributed by atoms with Crippen LogP contribution in [0.5, 0.6) is 11.5 Å². The molecule has 0 radical (unpaired) electrons. The normalized spacial score (nSPS) is 12.5. The molecular formula is C21H29N3O3. The van der Waals surface area contributed by atoms with Gasteiger partial charge in [0, 0.05) is 19.0 Å². The zero-order valence-corrected chi connectivity index (χ0v) is 16.0. The Balaban J connectivity index is 1.93. The van der Waals surface area contributed by atoms with Gasteiger partial charge in [-0.2, -0.15) is 0 Å². The summed E-state index contributed by atoms with van der Waals surface area (Å²) in [4.78, 5) is 4.61. The zero-order chi connectivity index (χ0) is 19.5. The van der Waals surface area contributed by atoms with Gasteiger partial charge >= 0.3 is 0 Å². The molecular weight excluding hydrogens is 342 g/mol. The van der Waals surface area contributed by atoms with Crippen molar-refractivity contribution in [3.63, 3.8) is 0 Å². The van der Waals surface area contributed by atoms with Gasteiger partial charge in [0.1, 0.15) is 0 Å². The molecule has 27 heavy (non-hydrogen) atoms. The molecule has 4 N–H and O–H groups in total. The third kappa shape index (κ3) is 6.49. The molecule has 0 aliphatic heterocycles. The summed E-state index contributed by atoms with van der Waals surface area (Å²) in [5.41, 5.74) is 2.14. The number of nitrogens with one attached hydrogen (secondary N) is 2. The Labute approximate surface area is 160 Å². The zero-order valence-electron chi connectivity index (χ0n) is 16.0. The Morgan fingerprint density at radius 2 is 1.93 bits per heavy atom. The van der Waals surface area contributed by atoms with Crippen LogP contribution in [0.1, 0.15) is 24.0 Å². The SMILES string of the molecule is CCNC(=NCC(CO)c1ccccc1)NCCc1ccc(O)c(OC)c1. The average molecular weight is 371 g/mol. The topological polar surface area (TPSA) is 86.1 Å². The summed E-state index contributed by atoms with van der Waals surface area (Å²) in [6.45, 7) is 4.02. The van der Waals surface area contributed by atoms with Gasteiger partial charge < -0.3 is 25.6 Å². The minimum absolute atomic E-state index is 0.0250. The molecule has 6 nitrogen and oxygen atoms in total. The molecule has 0 fully saturated rings. The summed E-state index contributed by atoms with van der Waals surface area (Å²) >= 11 is 0. The number of aliphatic imine (C=N–C) groups is 1. The van der Waals surface area contributed by atoms with Gasteiger partial charge in [0.25, 0.3) is 0 Å². The molecule has 2 aromatic rings. The number of hydrogen-bond acceptors (Lipinski definition) is 4. The van der Waals surface area contributed by atoms with Crippen molar-refractivity contribution in [2.75, 3.05) is 33.4 Å². The smallest absolute Gasteiger partial charge is 0.191 e. The summed E-state index contributed by atoms with van der Waals surface area (Å²) < 4.78 is 5.14. The lowest BCUT2D eigenvalue weighted by atomic mass is 10.0. The standard InChI is InChI=1S/C21H29N3O3/c1-3-22-21(24-14-18(15-25)17-7-5-4-6-8-17)23-12-11-16-9-10-19(26)20(13-16)27-2/h4-10,13,18,25-26H,3,11-12,14-15H2,1-2H3,(H2,22,23,24). The van der Waals surface area contributed by atoms with E-state index in [1.807, 2.05) is 49.4 Å². The number of methoxy groups -OCH3 is 1. The van der Waals surface area contributed by atoms with Gasteiger partial charge in [-0.15, -0.1) is 0 Å². The van der Waals surface area contributed by atoms with E-state index in [1.54, 1.807) is 6.07 Å². The fourth-order valence-corrected chi connectivity index (χ4v) is 2.74. The molecule has 0 saturated heterocycles. The van der Waals surface area contributed by atoms with E-state index in [2.05, 4.69) is 15.6 Å². The third-order valence-electron chi connectivity index (χ3n) is 4.26. The molecule has 0 bridgehead atoms. The molecule has 2 rings (SSSR count). The lowest BCUT2D eigenvalue weighted by Gasteiger charge is -2.15. The summed E-state index contributed by atoms with van der Waals surface area (Å²) in [7, 11) is 1.54. The van der Waals surface area contributed by atoms with Gasteiger partial charge in [-0.25, -0.2) is 0 Å². The molecule has 0 aromatic heterocycles. The predicted octanol–water partition coefficient (Wildman–Crippen LogP) is 2.27. The molecule has 0 spiro atoms. The first-order valence-electron chi connectivity index (χ1n) is 9.21. The molecule has 0 amide bonds. The van der Waals surface area contributed by atoms with Crippen molar-refractivity contribution in [3.8, 4) is 11.5 Å². The quantitative estimate of drug-likeness (QED) is 0.401. The van der Waals surface area contributed by atoms with E-state index in [0.29, 0.717) is 18.8 Å². The number of aliphatic hydroxyl groups is 1. The predicted molar refractivity (Wildman–Crippen MR) is 109 cm³/mol. The minimum Gasteiger partial charge on any atom is -0.504 e. The number of ether oxygens (including phenoxy) is 1. The van der Waals surface area contributed by atoms with Crippen molar-refractivity contribution in [2.45, 2.75) is 19.3 Å². The van der Waals surface area contributed by atoms with E-state index in [-0.39, 0.29) is 18.3 Å². The fourth-order valence-electron chi connectivity index (χ4n) is 2.74. The van der Waals surface area contributed by atoms with Crippen LogP contribution >= 0.6 is 0 Å². The summed E-state index contributed by atoms with van der Waals surface area (Å²) in [5, 5.41) is 25.9. The van der Waals surface area contributed by atoms with Crippen LogP contribution in [0.2, 0.25) is 0 Å². The van der Waals surface area contributed by atoms with Gasteiger partial charge in [-0.1, -0.05) is 36.4 Å². The van der Waals surface area contributed by atoms with Crippen molar-refractivity contribution in [1.29, 1.82) is 0 Å². The lowest BCUT2D eigenvalue weighted by Crippen LogP contribution is -2.38. The van der Waals surface area contributed by atoms with Crippen LogP contribution in [-0.2, 0) is 6.42 Å². The number of benzene rings is 2. The van der Waals surface area contributed by atoms with E-state index < -0.39 is 0 Å². The van der Waals surface area contributed by atoms with Crippen molar-refractivity contribution >= 4 is 5.96 Å². The molecule has 1 unspecified atom stereocenters. The first kappa shape index (κ1) is 20.6. The maximum Gasteiger partial charge on any atom is 0.191 e. The Kier molecular flexibility index (Phi) is 8.45. The molecule has 0 saturated carbocycles. The highest BCUT2D eigenvalue weighted by Gasteiger charge is 2.10. The average Bonchev–Trinajstić information content (AvgIpc) is 2.70. The van der Waals surface area contributed by atoms with E-state index in [9.17, 15) is 10.2 Å². The van der Waals surface area contributed by atoms with Crippen molar-refractivity contribution in [1.82, 2.24) is 10.6 Å². The second-order valence-electron chi connectivity index (χ2n) is 6.19. The highest BCUT2D eigenvalue weighted by molar-refractivity contribution is 5.79. The molecule has 0 aliphatic rings. The molecule has 0 aliphatic carbocycles. The van der Waals surface area contributed by atoms with E-state index in [0.717, 1.165) is 30.1 Å². The van der Waals surface area contributed by atoms with Crippen LogP contribution in [0.15, 0.2) is 53.5 Å². The van der Waals surface area contributed by atoms with Gasteiger partial charge in [0.05, 0.1) is 20.3 Å². The molecule has 6 heteroatoms. The van der Waals surface area contributed by atoms with Crippen LogP contribution in [0.3, 0.4) is 0 Å². The maximum atomic E-state index is 9.68. The van der Waals surface area contributed by atoms with Gasteiger partial charge in [-0.05, 0) is 36.6 Å². The maximum absolute atomic E-state index is 9.68. The van der Waals surface area contributed by atoms with E-state index in [1.165, 1.54) is 7.11 Å². The number of rotatable bonds is 9. The van der Waals surface area contributed by atoms with Crippen LogP contribution < -0.4 is 15.4 Å². The Morgan fingerprint density at radius 3 is 2.59 bits per heavy atom. The number of guanidine groups is 1. The van der Waals surface area contributed by atoms with Crippen LogP contribution in [0.4, 0.5) is 0 Å². The Bertz CT molecular complexity index is 720. The molecule has 0 heterocycles. The highest BCUT2D eigenvalue weighted by Crippen LogP contribution is 2.26. The summed E-state index contributed by atoms with van der Waals surface area (Å²) in [6, 6.07) is 15.3. The molecule has 1 atom stereocenters. The monoisotopic (exact) mass is 371 g/mol. The number of hydrogen-bond donors (Lipinski definition) is 4. The van der Waals surface area contributed by atoms with Crippen LogP contribution in [0, 0.1) is 0 Å². The highest BCUT2D eigenvalue weighted by atomic mass is 16.5. The Hall–Kier alpha value is -2.73. The summed E-state index contributed by atoms with van der Waals surface area (Å²) in [6.07, 6.45) is 0.767. The number of aliphatic hydroxyl groups excluding tert-OH is 1. The second kappa shape index (κ2) is 11.1. The number of nitrogens with zero attached hydrogens (tertiary/aromatic N) is 1. The minimum atomic E-state index is -0.0250. The second-order valence-corrected chi connectivity index (χ2v) is 6.19. The van der Waals surface area contributed by atoms with E-state index in [4.69, 9.17) is 4.74 Å². The van der Waals surface area contributed by atoms with Crippen molar-refractivity contribution < 1.29 is 14.9 Å². The van der Waals surface area contributed by atoms with Gasteiger partial charge in [0.15, 0.2) is 17.5 Å². The van der Waals surface area contributed by atoms with Gasteiger partial charge in [0.2, 0.25) is 0 Å². The molecule has 146 valence electrons. The van der Waals surface area contributed by atoms with Crippen molar-refractivity contribution in [3.05, 3.63) is 59.7 Å². The first-order valence-corrected chi connectivity index (χ1v) is 9.21.